The summed E-state index contributed by atoms with van der Waals surface area (Å²) >= 11 is 9.44. The molecule has 0 N–H and O–H groups in total. The summed E-state index contributed by atoms with van der Waals surface area (Å²) in [5.41, 5.74) is 3.12. The third-order valence-corrected chi connectivity index (χ3v) is 3.97. The molecule has 0 radical (unpaired) electrons. The Morgan fingerprint density at radius 3 is 2.68 bits per heavy atom. The van der Waals surface area contributed by atoms with Crippen LogP contribution in [0.1, 0.15) is 16.8 Å². The molecule has 0 atom stereocenters. The Hall–Kier alpha value is -2.15. The summed E-state index contributed by atoms with van der Waals surface area (Å²) in [5, 5.41) is 10.8. The number of halogens is 2. The molecular formula is C18H10BrClN2. The number of rotatable bonds is 2. The predicted molar refractivity (Wildman–Crippen MR) is 94.5 cm³/mol. The summed E-state index contributed by atoms with van der Waals surface area (Å²) < 4.78 is 0.996. The fourth-order valence-corrected chi connectivity index (χ4v) is 2.68. The third-order valence-electron chi connectivity index (χ3n) is 3.24. The molecule has 2 aromatic carbocycles. The lowest BCUT2D eigenvalue weighted by Gasteiger charge is -2.01. The minimum Gasteiger partial charge on any atom is -0.248 e. The van der Waals surface area contributed by atoms with Crippen LogP contribution in [0.4, 0.5) is 0 Å². The van der Waals surface area contributed by atoms with E-state index in [1.807, 2.05) is 42.5 Å². The van der Waals surface area contributed by atoms with Gasteiger partial charge in [-0.2, -0.15) is 5.26 Å². The quantitative estimate of drug-likeness (QED) is 0.581. The number of nitrogens with zero attached hydrogens (tertiary/aromatic N) is 2. The molecular weight excluding hydrogens is 360 g/mol. The molecule has 0 amide bonds. The summed E-state index contributed by atoms with van der Waals surface area (Å²) in [6, 6.07) is 17.3. The zero-order chi connectivity index (χ0) is 15.5. The average molecular weight is 370 g/mol. The normalized spacial score (nSPS) is 11.0. The number of benzene rings is 2. The first-order valence-corrected chi connectivity index (χ1v) is 7.77. The third kappa shape index (κ3) is 3.19. The van der Waals surface area contributed by atoms with Gasteiger partial charge in [0.2, 0.25) is 0 Å². The molecule has 106 valence electrons. The highest BCUT2D eigenvalue weighted by atomic mass is 79.9. The Kier molecular flexibility index (Phi) is 4.24. The van der Waals surface area contributed by atoms with E-state index in [1.165, 1.54) is 0 Å². The molecule has 3 rings (SSSR count). The molecule has 1 heterocycles. The first-order valence-electron chi connectivity index (χ1n) is 6.60. The lowest BCUT2D eigenvalue weighted by Crippen LogP contribution is -1.85. The molecule has 0 aliphatic carbocycles. The van der Waals surface area contributed by atoms with E-state index in [2.05, 4.69) is 27.0 Å². The van der Waals surface area contributed by atoms with Crippen molar-refractivity contribution in [3.05, 3.63) is 74.8 Å². The van der Waals surface area contributed by atoms with E-state index in [1.54, 1.807) is 18.2 Å². The number of nitriles is 1. The second kappa shape index (κ2) is 6.31. The molecule has 0 aliphatic rings. The van der Waals surface area contributed by atoms with Gasteiger partial charge in [0.1, 0.15) is 0 Å². The van der Waals surface area contributed by atoms with Crippen molar-refractivity contribution in [3.63, 3.8) is 0 Å². The van der Waals surface area contributed by atoms with Crippen molar-refractivity contribution in [2.24, 2.45) is 0 Å². The monoisotopic (exact) mass is 368 g/mol. The van der Waals surface area contributed by atoms with Gasteiger partial charge in [-0.25, -0.2) is 4.98 Å². The smallest absolute Gasteiger partial charge is 0.0997 e. The number of aromatic nitrogens is 1. The molecule has 0 saturated carbocycles. The first-order chi connectivity index (χ1) is 10.7. The minimum atomic E-state index is 0.587. The SMILES string of the molecule is N#Cc1ccc(Cl)cc1C=Cc1ccc2ccc(Br)cc2n1. The van der Waals surface area contributed by atoms with Crippen LogP contribution in [0, 0.1) is 11.3 Å². The summed E-state index contributed by atoms with van der Waals surface area (Å²) in [6.45, 7) is 0. The molecule has 1 aromatic heterocycles. The Morgan fingerprint density at radius 1 is 1.05 bits per heavy atom. The average Bonchev–Trinajstić information content (AvgIpc) is 2.52. The summed E-state index contributed by atoms with van der Waals surface area (Å²) in [6.07, 6.45) is 3.74. The van der Waals surface area contributed by atoms with E-state index in [4.69, 9.17) is 16.9 Å². The molecule has 0 bridgehead atoms. The van der Waals surface area contributed by atoms with E-state index in [0.717, 1.165) is 26.6 Å². The Labute approximate surface area is 141 Å². The maximum Gasteiger partial charge on any atom is 0.0997 e. The van der Waals surface area contributed by atoms with E-state index in [-0.39, 0.29) is 0 Å². The van der Waals surface area contributed by atoms with Gasteiger partial charge in [0, 0.05) is 14.9 Å². The number of pyridine rings is 1. The van der Waals surface area contributed by atoms with Gasteiger partial charge in [0.25, 0.3) is 0 Å². The van der Waals surface area contributed by atoms with Crippen LogP contribution < -0.4 is 0 Å². The fraction of sp³-hybridized carbons (Fsp3) is 0. The Morgan fingerprint density at radius 2 is 1.86 bits per heavy atom. The number of fused-ring (bicyclic) bond motifs is 1. The van der Waals surface area contributed by atoms with Crippen molar-refractivity contribution >= 4 is 50.6 Å². The Bertz CT molecular complexity index is 926. The van der Waals surface area contributed by atoms with Crippen LogP contribution in [0.5, 0.6) is 0 Å². The molecule has 0 unspecified atom stereocenters. The lowest BCUT2D eigenvalue weighted by atomic mass is 10.1. The molecule has 0 spiro atoms. The lowest BCUT2D eigenvalue weighted by molar-refractivity contribution is 1.37. The van der Waals surface area contributed by atoms with E-state index < -0.39 is 0 Å². The molecule has 0 fully saturated rings. The molecule has 3 aromatic rings. The molecule has 2 nitrogen and oxygen atoms in total. The molecule has 22 heavy (non-hydrogen) atoms. The zero-order valence-corrected chi connectivity index (χ0v) is 13.8. The maximum absolute atomic E-state index is 9.13. The van der Waals surface area contributed by atoms with E-state index in [0.29, 0.717) is 10.6 Å². The van der Waals surface area contributed by atoms with Crippen LogP contribution in [0.15, 0.2) is 53.0 Å². The van der Waals surface area contributed by atoms with Gasteiger partial charge < -0.3 is 0 Å². The van der Waals surface area contributed by atoms with Gasteiger partial charge in [-0.3, -0.25) is 0 Å². The van der Waals surface area contributed by atoms with Gasteiger partial charge in [-0.1, -0.05) is 45.7 Å². The van der Waals surface area contributed by atoms with Crippen LogP contribution in [0.3, 0.4) is 0 Å². The summed E-state index contributed by atoms with van der Waals surface area (Å²) in [4.78, 5) is 4.60. The van der Waals surface area contributed by atoms with E-state index in [9.17, 15) is 0 Å². The largest absolute Gasteiger partial charge is 0.248 e. The maximum atomic E-state index is 9.13. The van der Waals surface area contributed by atoms with Crippen LogP contribution in [-0.4, -0.2) is 4.98 Å². The van der Waals surface area contributed by atoms with Crippen molar-refractivity contribution in [1.29, 1.82) is 5.26 Å². The van der Waals surface area contributed by atoms with Crippen molar-refractivity contribution in [2.75, 3.05) is 0 Å². The van der Waals surface area contributed by atoms with Crippen molar-refractivity contribution in [1.82, 2.24) is 4.98 Å². The van der Waals surface area contributed by atoms with E-state index >= 15 is 0 Å². The standard InChI is InChI=1S/C18H10BrClN2/c19-15-5-1-12-3-7-17(22-18(12)10-15)8-4-13-9-16(20)6-2-14(13)11-21/h1-10H. The second-order valence-electron chi connectivity index (χ2n) is 4.75. The summed E-state index contributed by atoms with van der Waals surface area (Å²) in [7, 11) is 0. The molecule has 4 heteroatoms. The van der Waals surface area contributed by atoms with Gasteiger partial charge in [0.05, 0.1) is 22.8 Å². The molecule has 0 aliphatic heterocycles. The summed E-state index contributed by atoms with van der Waals surface area (Å²) in [5.74, 6) is 0. The number of hydrogen-bond donors (Lipinski definition) is 0. The van der Waals surface area contributed by atoms with Crippen molar-refractivity contribution in [3.8, 4) is 6.07 Å². The van der Waals surface area contributed by atoms with Gasteiger partial charge in [0.15, 0.2) is 0 Å². The number of hydrogen-bond acceptors (Lipinski definition) is 2. The van der Waals surface area contributed by atoms with Crippen LogP contribution in [-0.2, 0) is 0 Å². The zero-order valence-electron chi connectivity index (χ0n) is 11.4. The predicted octanol–water partition coefficient (Wildman–Crippen LogP) is 5.69. The van der Waals surface area contributed by atoms with Gasteiger partial charge in [-0.15, -0.1) is 0 Å². The van der Waals surface area contributed by atoms with Crippen LogP contribution in [0.25, 0.3) is 23.1 Å². The highest BCUT2D eigenvalue weighted by Crippen LogP contribution is 2.21. The molecule has 0 saturated heterocycles. The van der Waals surface area contributed by atoms with Crippen LogP contribution in [0.2, 0.25) is 5.02 Å². The highest BCUT2D eigenvalue weighted by molar-refractivity contribution is 9.10. The van der Waals surface area contributed by atoms with Gasteiger partial charge >= 0.3 is 0 Å². The Balaban J connectivity index is 1.99. The van der Waals surface area contributed by atoms with Crippen molar-refractivity contribution < 1.29 is 0 Å². The highest BCUT2D eigenvalue weighted by Gasteiger charge is 2.01. The first kappa shape index (κ1) is 14.8. The van der Waals surface area contributed by atoms with Crippen LogP contribution >= 0.6 is 27.5 Å². The second-order valence-corrected chi connectivity index (χ2v) is 6.10. The fourth-order valence-electron chi connectivity index (χ4n) is 2.15. The minimum absolute atomic E-state index is 0.587. The topological polar surface area (TPSA) is 36.7 Å². The van der Waals surface area contributed by atoms with Crippen molar-refractivity contribution in [2.45, 2.75) is 0 Å². The van der Waals surface area contributed by atoms with Gasteiger partial charge in [-0.05, 0) is 48.0 Å².